The van der Waals surface area contributed by atoms with Gasteiger partial charge in [0.05, 0.1) is 0 Å². The summed E-state index contributed by atoms with van der Waals surface area (Å²) in [7, 11) is -11.5. The first-order valence-corrected chi connectivity index (χ1v) is 12.2. The molecule has 6 nitrogen and oxygen atoms in total. The SMILES string of the molecule is Cc1cc(OS(=O)(=O)c2c(F)c(F)c(F)c(F)c2F)c(C)cc1OS(=O)(=O)c1c(F)c(F)c(F)c(F)c1F. The first kappa shape index (κ1) is 29.0. The van der Waals surface area contributed by atoms with Crippen LogP contribution in [0.4, 0.5) is 43.9 Å². The van der Waals surface area contributed by atoms with Crippen LogP contribution in [0.25, 0.3) is 0 Å². The minimum Gasteiger partial charge on any atom is -0.379 e. The molecule has 0 aromatic heterocycles. The monoisotopic (exact) mass is 598 g/mol. The summed E-state index contributed by atoms with van der Waals surface area (Å²) in [5, 5.41) is 0. The van der Waals surface area contributed by atoms with Gasteiger partial charge in [0.1, 0.15) is 11.5 Å². The van der Waals surface area contributed by atoms with Crippen LogP contribution >= 0.6 is 0 Å². The smallest absolute Gasteiger partial charge is 0.345 e. The van der Waals surface area contributed by atoms with E-state index in [1.165, 1.54) is 0 Å². The molecule has 0 saturated carbocycles. The maximum absolute atomic E-state index is 13.9. The highest BCUT2D eigenvalue weighted by molar-refractivity contribution is 7.87. The third-order valence-electron chi connectivity index (χ3n) is 4.71. The van der Waals surface area contributed by atoms with Gasteiger partial charge in [0.15, 0.2) is 56.3 Å². The molecule has 38 heavy (non-hydrogen) atoms. The zero-order chi connectivity index (χ0) is 29.1. The molecule has 0 radical (unpaired) electrons. The van der Waals surface area contributed by atoms with Crippen molar-refractivity contribution in [3.05, 3.63) is 81.4 Å². The Bertz CT molecular complexity index is 1540. The van der Waals surface area contributed by atoms with E-state index in [9.17, 15) is 60.7 Å². The molecule has 0 aliphatic carbocycles. The fourth-order valence-corrected chi connectivity index (χ4v) is 5.11. The molecule has 3 aromatic rings. The lowest BCUT2D eigenvalue weighted by molar-refractivity contribution is 0.352. The lowest BCUT2D eigenvalue weighted by Crippen LogP contribution is -2.19. The summed E-state index contributed by atoms with van der Waals surface area (Å²) in [6, 6.07) is 1.20. The minimum absolute atomic E-state index is 0.467. The Balaban J connectivity index is 2.05. The van der Waals surface area contributed by atoms with Crippen LogP contribution in [0.1, 0.15) is 11.1 Å². The number of halogens is 10. The van der Waals surface area contributed by atoms with E-state index in [-0.39, 0.29) is 0 Å². The third kappa shape index (κ3) is 4.72. The van der Waals surface area contributed by atoms with E-state index in [1.54, 1.807) is 0 Å². The van der Waals surface area contributed by atoms with Gasteiger partial charge in [-0.25, -0.2) is 43.9 Å². The van der Waals surface area contributed by atoms with Crippen LogP contribution in [0.3, 0.4) is 0 Å². The molecule has 0 spiro atoms. The van der Waals surface area contributed by atoms with Crippen LogP contribution < -0.4 is 8.37 Å². The van der Waals surface area contributed by atoms with Gasteiger partial charge in [-0.2, -0.15) is 16.8 Å². The van der Waals surface area contributed by atoms with Gasteiger partial charge < -0.3 is 8.37 Å². The molecule has 0 heterocycles. The van der Waals surface area contributed by atoms with E-state index < -0.39 is 111 Å². The maximum Gasteiger partial charge on any atom is 0.345 e. The van der Waals surface area contributed by atoms with E-state index in [0.717, 1.165) is 13.8 Å². The Kier molecular flexibility index (Phi) is 7.37. The molecule has 206 valence electrons. The Hall–Kier alpha value is -3.54. The van der Waals surface area contributed by atoms with E-state index in [0.29, 0.717) is 12.1 Å². The second-order valence-corrected chi connectivity index (χ2v) is 10.2. The first-order valence-electron chi connectivity index (χ1n) is 9.36. The molecule has 0 N–H and O–H groups in total. The Morgan fingerprint density at radius 1 is 0.447 bits per heavy atom. The quantitative estimate of drug-likeness (QED) is 0.167. The number of hydrogen-bond donors (Lipinski definition) is 0. The Labute approximate surface area is 206 Å². The van der Waals surface area contributed by atoms with Crippen molar-refractivity contribution in [2.45, 2.75) is 23.6 Å². The molecular formula is C20H8F10O6S2. The largest absolute Gasteiger partial charge is 0.379 e. The molecule has 0 aliphatic rings. The number of aryl methyl sites for hydroxylation is 2. The molecule has 0 fully saturated rings. The second-order valence-electron chi connectivity index (χ2n) is 7.26. The van der Waals surface area contributed by atoms with Gasteiger partial charge >= 0.3 is 20.2 Å². The maximum atomic E-state index is 13.9. The second kappa shape index (κ2) is 9.64. The standard InChI is InChI=1S/C20H8F10O6S2/c1-5-3-8(36-38(33,34)20-17(29)13(25)10(22)14(26)18(20)30)6(2)4-7(5)35-37(31,32)19-15(27)11(23)9(21)12(24)16(19)28/h3-4H,1-2H3. The van der Waals surface area contributed by atoms with Crippen molar-refractivity contribution < 1.29 is 69.1 Å². The van der Waals surface area contributed by atoms with Crippen LogP contribution in [0, 0.1) is 72.0 Å². The van der Waals surface area contributed by atoms with Gasteiger partial charge in [-0.1, -0.05) is 0 Å². The van der Waals surface area contributed by atoms with Crippen molar-refractivity contribution in [2.75, 3.05) is 0 Å². The molecule has 3 rings (SSSR count). The summed E-state index contributed by atoms with van der Waals surface area (Å²) in [5.41, 5.74) is -0.934. The van der Waals surface area contributed by atoms with Crippen LogP contribution in [0.15, 0.2) is 21.9 Å². The van der Waals surface area contributed by atoms with E-state index in [4.69, 9.17) is 0 Å². The van der Waals surface area contributed by atoms with E-state index in [1.807, 2.05) is 0 Å². The van der Waals surface area contributed by atoms with Gasteiger partial charge in [0, 0.05) is 0 Å². The first-order chi connectivity index (χ1) is 17.3. The van der Waals surface area contributed by atoms with Crippen molar-refractivity contribution in [1.82, 2.24) is 0 Å². The third-order valence-corrected chi connectivity index (χ3v) is 7.23. The summed E-state index contributed by atoms with van der Waals surface area (Å²) < 4.78 is 194. The Morgan fingerprint density at radius 2 is 0.658 bits per heavy atom. The van der Waals surface area contributed by atoms with Crippen LogP contribution in [-0.2, 0) is 20.2 Å². The molecule has 3 aromatic carbocycles. The van der Waals surface area contributed by atoms with Crippen molar-refractivity contribution in [1.29, 1.82) is 0 Å². The highest BCUT2D eigenvalue weighted by Crippen LogP contribution is 2.35. The van der Waals surface area contributed by atoms with Crippen LogP contribution in [0.5, 0.6) is 11.5 Å². The van der Waals surface area contributed by atoms with Gasteiger partial charge in [-0.15, -0.1) is 0 Å². The number of hydrogen-bond acceptors (Lipinski definition) is 6. The molecule has 0 amide bonds. The average molecular weight is 598 g/mol. The lowest BCUT2D eigenvalue weighted by Gasteiger charge is -2.15. The Morgan fingerprint density at radius 3 is 0.895 bits per heavy atom. The summed E-state index contributed by atoms with van der Waals surface area (Å²) in [6.45, 7) is 1.89. The molecular weight excluding hydrogens is 590 g/mol. The molecule has 0 bridgehead atoms. The predicted octanol–water partition coefficient (Wildman–Crippen LogP) is 5.23. The van der Waals surface area contributed by atoms with E-state index in [2.05, 4.69) is 8.37 Å². The highest BCUT2D eigenvalue weighted by Gasteiger charge is 2.37. The van der Waals surface area contributed by atoms with Gasteiger partial charge in [0.2, 0.25) is 11.6 Å². The fraction of sp³-hybridized carbons (Fsp3) is 0.100. The lowest BCUT2D eigenvalue weighted by atomic mass is 10.1. The topological polar surface area (TPSA) is 86.7 Å². The van der Waals surface area contributed by atoms with Crippen LogP contribution in [0.2, 0.25) is 0 Å². The van der Waals surface area contributed by atoms with Crippen molar-refractivity contribution in [3.63, 3.8) is 0 Å². The van der Waals surface area contributed by atoms with Crippen molar-refractivity contribution in [3.8, 4) is 11.5 Å². The minimum atomic E-state index is -5.77. The highest BCUT2D eigenvalue weighted by atomic mass is 32.2. The molecule has 0 aliphatic heterocycles. The summed E-state index contributed by atoms with van der Waals surface area (Å²) in [4.78, 5) is -4.69. The zero-order valence-electron chi connectivity index (χ0n) is 18.2. The molecule has 18 heteroatoms. The van der Waals surface area contributed by atoms with Gasteiger partial charge in [-0.05, 0) is 37.1 Å². The summed E-state index contributed by atoms with van der Waals surface area (Å²) in [5.74, 6) is -28.4. The van der Waals surface area contributed by atoms with Crippen molar-refractivity contribution in [2.24, 2.45) is 0 Å². The van der Waals surface area contributed by atoms with E-state index >= 15 is 0 Å². The predicted molar refractivity (Wildman–Crippen MR) is 104 cm³/mol. The molecule has 0 atom stereocenters. The normalized spacial score (nSPS) is 12.1. The number of benzene rings is 3. The molecule has 0 saturated heterocycles. The average Bonchev–Trinajstić information content (AvgIpc) is 2.81. The molecule has 0 unspecified atom stereocenters. The zero-order valence-corrected chi connectivity index (χ0v) is 19.8. The van der Waals surface area contributed by atoms with Gasteiger partial charge in [0.25, 0.3) is 0 Å². The van der Waals surface area contributed by atoms with Crippen molar-refractivity contribution >= 4 is 20.2 Å². The van der Waals surface area contributed by atoms with Crippen LogP contribution in [-0.4, -0.2) is 16.8 Å². The van der Waals surface area contributed by atoms with Gasteiger partial charge in [-0.3, -0.25) is 0 Å². The summed E-state index contributed by atoms with van der Waals surface area (Å²) >= 11 is 0. The summed E-state index contributed by atoms with van der Waals surface area (Å²) in [6.07, 6.45) is 0. The number of rotatable bonds is 6. The fourth-order valence-electron chi connectivity index (χ4n) is 2.87.